The van der Waals surface area contributed by atoms with Crippen molar-refractivity contribution in [3.63, 3.8) is 0 Å². The van der Waals surface area contributed by atoms with Gasteiger partial charge in [0, 0.05) is 18.4 Å². The lowest BCUT2D eigenvalue weighted by Crippen LogP contribution is -2.25. The first kappa shape index (κ1) is 8.60. The number of rotatable bonds is 2. The zero-order valence-electron chi connectivity index (χ0n) is 7.21. The number of aliphatic hydroxyl groups is 1. The summed E-state index contributed by atoms with van der Waals surface area (Å²) in [5, 5.41) is 9.01. The van der Waals surface area contributed by atoms with E-state index in [4.69, 9.17) is 9.84 Å². The van der Waals surface area contributed by atoms with Crippen molar-refractivity contribution in [2.24, 2.45) is 11.8 Å². The van der Waals surface area contributed by atoms with Crippen LogP contribution >= 0.6 is 0 Å². The van der Waals surface area contributed by atoms with Crippen molar-refractivity contribution in [2.75, 3.05) is 13.2 Å². The molecule has 1 N–H and O–H groups in total. The molecule has 64 valence electrons. The minimum absolute atomic E-state index is 0.249. The van der Waals surface area contributed by atoms with E-state index >= 15 is 0 Å². The van der Waals surface area contributed by atoms with Gasteiger partial charge in [-0.3, -0.25) is 0 Å². The highest BCUT2D eigenvalue weighted by Gasteiger charge is 2.21. The molecule has 1 aliphatic heterocycles. The third kappa shape index (κ3) is 1.96. The van der Waals surface area contributed by atoms with Gasteiger partial charge in [0.15, 0.2) is 0 Å². The van der Waals surface area contributed by atoms with Gasteiger partial charge < -0.3 is 9.84 Å². The zero-order valence-corrected chi connectivity index (χ0v) is 7.21. The molecule has 1 heterocycles. The monoisotopic (exact) mass is 156 g/mol. The van der Waals surface area contributed by atoms with E-state index in [0.29, 0.717) is 11.8 Å². The third-order valence-corrected chi connectivity index (χ3v) is 2.31. The molecule has 2 nitrogen and oxygen atoms in total. The van der Waals surface area contributed by atoms with Crippen LogP contribution in [-0.4, -0.2) is 18.3 Å². The predicted octanol–water partition coefficient (Wildman–Crippen LogP) is 1.56. The largest absolute Gasteiger partial charge is 0.498 e. The highest BCUT2D eigenvalue weighted by molar-refractivity contribution is 4.99. The molecule has 0 bridgehead atoms. The molecular formula is C9H16O2. The summed E-state index contributed by atoms with van der Waals surface area (Å²) in [5.41, 5.74) is 0. The van der Waals surface area contributed by atoms with Crippen molar-refractivity contribution in [2.45, 2.75) is 20.3 Å². The van der Waals surface area contributed by atoms with Crippen LogP contribution in [0, 0.1) is 11.8 Å². The maximum absolute atomic E-state index is 9.01. The van der Waals surface area contributed by atoms with Gasteiger partial charge in [-0.1, -0.05) is 6.92 Å². The van der Waals surface area contributed by atoms with Crippen molar-refractivity contribution in [3.8, 4) is 0 Å². The summed E-state index contributed by atoms with van der Waals surface area (Å²) in [4.78, 5) is 0. The maximum atomic E-state index is 9.01. The summed E-state index contributed by atoms with van der Waals surface area (Å²) < 4.78 is 5.36. The minimum Gasteiger partial charge on any atom is -0.498 e. The van der Waals surface area contributed by atoms with Crippen LogP contribution in [0.3, 0.4) is 0 Å². The van der Waals surface area contributed by atoms with Crippen LogP contribution in [0.5, 0.6) is 0 Å². The average Bonchev–Trinajstić information content (AvgIpc) is 2.04. The molecule has 2 atom stereocenters. The summed E-state index contributed by atoms with van der Waals surface area (Å²) in [6.45, 7) is 5.09. The number of ether oxygens (including phenoxy) is 1. The molecular weight excluding hydrogens is 140 g/mol. The van der Waals surface area contributed by atoms with Crippen LogP contribution in [-0.2, 0) is 4.74 Å². The Morgan fingerprint density at radius 1 is 1.73 bits per heavy atom. The molecule has 0 spiro atoms. The van der Waals surface area contributed by atoms with E-state index in [1.54, 1.807) is 0 Å². The Morgan fingerprint density at radius 3 is 3.00 bits per heavy atom. The highest BCUT2D eigenvalue weighted by atomic mass is 16.5. The first-order valence-electron chi connectivity index (χ1n) is 4.20. The fraction of sp³-hybridized carbons (Fsp3) is 0.778. The van der Waals surface area contributed by atoms with E-state index in [9.17, 15) is 0 Å². The molecule has 0 radical (unpaired) electrons. The lowest BCUT2D eigenvalue weighted by Gasteiger charge is -2.27. The van der Waals surface area contributed by atoms with Crippen LogP contribution in [0.2, 0.25) is 0 Å². The number of hydrogen-bond acceptors (Lipinski definition) is 2. The second-order valence-electron chi connectivity index (χ2n) is 3.10. The molecule has 0 saturated heterocycles. The van der Waals surface area contributed by atoms with Crippen molar-refractivity contribution >= 4 is 0 Å². The fourth-order valence-corrected chi connectivity index (χ4v) is 1.47. The quantitative estimate of drug-likeness (QED) is 0.657. The lowest BCUT2D eigenvalue weighted by atomic mass is 9.89. The normalized spacial score (nSPS) is 31.0. The minimum atomic E-state index is 0.249. The van der Waals surface area contributed by atoms with Crippen LogP contribution < -0.4 is 0 Å². The van der Waals surface area contributed by atoms with Gasteiger partial charge in [0.05, 0.1) is 12.4 Å². The summed E-state index contributed by atoms with van der Waals surface area (Å²) in [6.07, 6.45) is 3.10. The molecule has 0 aliphatic carbocycles. The first-order chi connectivity index (χ1) is 5.27. The summed E-state index contributed by atoms with van der Waals surface area (Å²) in [7, 11) is 0. The van der Waals surface area contributed by atoms with Gasteiger partial charge in [0.25, 0.3) is 0 Å². The zero-order chi connectivity index (χ0) is 8.27. The average molecular weight is 156 g/mol. The van der Waals surface area contributed by atoms with E-state index in [1.807, 2.05) is 13.0 Å². The van der Waals surface area contributed by atoms with Crippen LogP contribution in [0.4, 0.5) is 0 Å². The van der Waals surface area contributed by atoms with E-state index < -0.39 is 0 Å². The Labute approximate surface area is 67.9 Å². The molecule has 0 aromatic rings. The van der Waals surface area contributed by atoms with Gasteiger partial charge in [-0.25, -0.2) is 0 Å². The number of aliphatic hydroxyl groups excluding tert-OH is 1. The topological polar surface area (TPSA) is 29.5 Å². The second-order valence-corrected chi connectivity index (χ2v) is 3.10. The van der Waals surface area contributed by atoms with Gasteiger partial charge in [-0.2, -0.15) is 0 Å². The molecule has 0 saturated carbocycles. The Bertz CT molecular complexity index is 152. The van der Waals surface area contributed by atoms with Gasteiger partial charge in [-0.05, 0) is 19.4 Å². The van der Waals surface area contributed by atoms with Gasteiger partial charge >= 0.3 is 0 Å². The van der Waals surface area contributed by atoms with E-state index in [-0.39, 0.29) is 6.61 Å². The second kappa shape index (κ2) is 3.77. The lowest BCUT2D eigenvalue weighted by molar-refractivity contribution is 0.0875. The van der Waals surface area contributed by atoms with E-state index in [2.05, 4.69) is 6.92 Å². The molecule has 0 aromatic carbocycles. The summed E-state index contributed by atoms with van der Waals surface area (Å²) >= 11 is 0. The van der Waals surface area contributed by atoms with Gasteiger partial charge in [-0.15, -0.1) is 0 Å². The van der Waals surface area contributed by atoms with Crippen LogP contribution in [0.25, 0.3) is 0 Å². The SMILES string of the molecule is CCC1COC(C)=CC1CO. The van der Waals surface area contributed by atoms with Crippen LogP contribution in [0.15, 0.2) is 11.8 Å². The van der Waals surface area contributed by atoms with E-state index in [1.165, 1.54) is 0 Å². The molecule has 1 aliphatic rings. The Kier molecular flexibility index (Phi) is 2.94. The van der Waals surface area contributed by atoms with E-state index in [0.717, 1.165) is 18.8 Å². The van der Waals surface area contributed by atoms with Crippen molar-refractivity contribution < 1.29 is 9.84 Å². The predicted molar refractivity (Wildman–Crippen MR) is 44.1 cm³/mol. The molecule has 0 fully saturated rings. The van der Waals surface area contributed by atoms with Gasteiger partial charge in [0.1, 0.15) is 0 Å². The van der Waals surface area contributed by atoms with Gasteiger partial charge in [0.2, 0.25) is 0 Å². The molecule has 2 unspecified atom stereocenters. The van der Waals surface area contributed by atoms with Crippen LogP contribution in [0.1, 0.15) is 20.3 Å². The third-order valence-electron chi connectivity index (χ3n) is 2.31. The number of hydrogen-bond donors (Lipinski definition) is 1. The highest BCUT2D eigenvalue weighted by Crippen LogP contribution is 2.24. The molecule has 0 amide bonds. The maximum Gasteiger partial charge on any atom is 0.0911 e. The first-order valence-corrected chi connectivity index (χ1v) is 4.20. The number of allylic oxidation sites excluding steroid dienone is 1. The molecule has 0 aromatic heterocycles. The summed E-state index contributed by atoms with van der Waals surface area (Å²) in [5.74, 6) is 1.77. The Morgan fingerprint density at radius 2 is 2.45 bits per heavy atom. The van der Waals surface area contributed by atoms with Crippen molar-refractivity contribution in [1.29, 1.82) is 0 Å². The fourth-order valence-electron chi connectivity index (χ4n) is 1.47. The van der Waals surface area contributed by atoms with Crippen molar-refractivity contribution in [1.82, 2.24) is 0 Å². The molecule has 11 heavy (non-hydrogen) atoms. The summed E-state index contributed by atoms with van der Waals surface area (Å²) in [6, 6.07) is 0. The Balaban J connectivity index is 2.59. The smallest absolute Gasteiger partial charge is 0.0911 e. The Hall–Kier alpha value is -0.500. The van der Waals surface area contributed by atoms with Crippen molar-refractivity contribution in [3.05, 3.63) is 11.8 Å². The molecule has 1 rings (SSSR count). The standard InChI is InChI=1S/C9H16O2/c1-3-8-6-11-7(2)4-9(8)5-10/h4,8-10H,3,5-6H2,1-2H3. The molecule has 2 heteroatoms.